The van der Waals surface area contributed by atoms with Crippen LogP contribution in [0.15, 0.2) is 6.07 Å². The maximum absolute atomic E-state index is 9.55. The van der Waals surface area contributed by atoms with E-state index in [1.165, 1.54) is 19.3 Å². The lowest BCUT2D eigenvalue weighted by Crippen LogP contribution is -2.31. The average molecular weight is 263 g/mol. The van der Waals surface area contributed by atoms with Crippen molar-refractivity contribution in [1.82, 2.24) is 9.97 Å². The van der Waals surface area contributed by atoms with Gasteiger partial charge in [-0.25, -0.2) is 9.97 Å². The van der Waals surface area contributed by atoms with Crippen molar-refractivity contribution >= 4 is 5.82 Å². The molecule has 0 saturated heterocycles. The Hall–Kier alpha value is -1.16. The van der Waals surface area contributed by atoms with Gasteiger partial charge in [-0.15, -0.1) is 0 Å². The first kappa shape index (κ1) is 14.3. The molecule has 0 amide bonds. The van der Waals surface area contributed by atoms with E-state index in [1.807, 2.05) is 13.0 Å². The predicted molar refractivity (Wildman–Crippen MR) is 77.2 cm³/mol. The minimum absolute atomic E-state index is 0.266. The summed E-state index contributed by atoms with van der Waals surface area (Å²) in [6.45, 7) is 4.30. The predicted octanol–water partition coefficient (Wildman–Crippen LogP) is 2.70. The molecule has 0 radical (unpaired) electrons. The number of aliphatic hydroxyl groups is 1. The number of aryl methyl sites for hydroxylation is 2. The molecule has 106 valence electrons. The second kappa shape index (κ2) is 6.85. The van der Waals surface area contributed by atoms with E-state index in [9.17, 15) is 5.11 Å². The first-order valence-electron chi connectivity index (χ1n) is 7.45. The molecule has 0 aliphatic heterocycles. The van der Waals surface area contributed by atoms with Gasteiger partial charge in [0.25, 0.3) is 0 Å². The van der Waals surface area contributed by atoms with Crippen molar-refractivity contribution in [2.75, 3.05) is 11.9 Å². The monoisotopic (exact) mass is 263 g/mol. The van der Waals surface area contributed by atoms with Crippen LogP contribution in [0.2, 0.25) is 0 Å². The summed E-state index contributed by atoms with van der Waals surface area (Å²) in [4.78, 5) is 8.87. The van der Waals surface area contributed by atoms with E-state index in [2.05, 4.69) is 22.2 Å². The van der Waals surface area contributed by atoms with Gasteiger partial charge in [0.1, 0.15) is 11.6 Å². The molecule has 1 fully saturated rings. The fourth-order valence-electron chi connectivity index (χ4n) is 2.87. The topological polar surface area (TPSA) is 58.0 Å². The minimum atomic E-state index is 0.266. The summed E-state index contributed by atoms with van der Waals surface area (Å²) in [5, 5.41) is 13.1. The highest BCUT2D eigenvalue weighted by molar-refractivity contribution is 5.37. The average Bonchev–Trinajstić information content (AvgIpc) is 2.63. The Morgan fingerprint density at radius 3 is 2.79 bits per heavy atom. The highest BCUT2D eigenvalue weighted by Gasteiger charge is 2.23. The normalized spacial score (nSPS) is 23.9. The van der Waals surface area contributed by atoms with Crippen molar-refractivity contribution in [1.29, 1.82) is 0 Å². The molecule has 1 aliphatic carbocycles. The number of hydrogen-bond acceptors (Lipinski definition) is 4. The molecule has 2 rings (SSSR count). The number of hydrogen-bond donors (Lipinski definition) is 2. The van der Waals surface area contributed by atoms with Crippen LogP contribution >= 0.6 is 0 Å². The minimum Gasteiger partial charge on any atom is -0.396 e. The zero-order chi connectivity index (χ0) is 13.7. The van der Waals surface area contributed by atoms with Gasteiger partial charge in [-0.1, -0.05) is 26.2 Å². The van der Waals surface area contributed by atoms with E-state index in [-0.39, 0.29) is 6.61 Å². The maximum Gasteiger partial charge on any atom is 0.130 e. The van der Waals surface area contributed by atoms with Crippen LogP contribution in [0.25, 0.3) is 0 Å². The third-order valence-electron chi connectivity index (χ3n) is 3.98. The summed E-state index contributed by atoms with van der Waals surface area (Å²) in [6, 6.07) is 2.37. The fourth-order valence-corrected chi connectivity index (χ4v) is 2.87. The zero-order valence-electron chi connectivity index (χ0n) is 12.0. The largest absolute Gasteiger partial charge is 0.396 e. The summed E-state index contributed by atoms with van der Waals surface area (Å²) in [5.74, 6) is 2.08. The van der Waals surface area contributed by atoms with Crippen LogP contribution in [0.3, 0.4) is 0 Å². The second-order valence-electron chi connectivity index (χ2n) is 5.48. The molecule has 2 unspecified atom stereocenters. The van der Waals surface area contributed by atoms with Gasteiger partial charge >= 0.3 is 0 Å². The summed E-state index contributed by atoms with van der Waals surface area (Å²) in [6.07, 6.45) is 6.89. The van der Waals surface area contributed by atoms with Gasteiger partial charge in [0.05, 0.1) is 0 Å². The van der Waals surface area contributed by atoms with Crippen molar-refractivity contribution in [3.8, 4) is 0 Å². The van der Waals surface area contributed by atoms with E-state index >= 15 is 0 Å². The van der Waals surface area contributed by atoms with Gasteiger partial charge in [-0.05, 0) is 26.2 Å². The van der Waals surface area contributed by atoms with Crippen LogP contribution in [-0.2, 0) is 6.42 Å². The van der Waals surface area contributed by atoms with Gasteiger partial charge in [-0.2, -0.15) is 0 Å². The number of aromatic nitrogens is 2. The Balaban J connectivity index is 2.11. The molecule has 0 aromatic carbocycles. The van der Waals surface area contributed by atoms with Crippen LogP contribution in [0.5, 0.6) is 0 Å². The molecule has 2 N–H and O–H groups in total. The zero-order valence-corrected chi connectivity index (χ0v) is 12.0. The molecule has 2 atom stereocenters. The van der Waals surface area contributed by atoms with Gasteiger partial charge in [0.2, 0.25) is 0 Å². The Labute approximate surface area is 115 Å². The van der Waals surface area contributed by atoms with Crippen LogP contribution in [0, 0.1) is 12.8 Å². The Morgan fingerprint density at radius 1 is 1.26 bits per heavy atom. The van der Waals surface area contributed by atoms with Crippen molar-refractivity contribution in [2.45, 2.75) is 58.4 Å². The molecule has 4 heteroatoms. The molecular formula is C15H25N3O. The molecule has 1 aromatic heterocycles. The van der Waals surface area contributed by atoms with Crippen LogP contribution in [0.4, 0.5) is 5.82 Å². The van der Waals surface area contributed by atoms with Crippen molar-refractivity contribution in [3.63, 3.8) is 0 Å². The van der Waals surface area contributed by atoms with E-state index in [4.69, 9.17) is 0 Å². The fraction of sp³-hybridized carbons (Fsp3) is 0.733. The Kier molecular flexibility index (Phi) is 5.14. The maximum atomic E-state index is 9.55. The summed E-state index contributed by atoms with van der Waals surface area (Å²) in [5.41, 5.74) is 1.07. The Morgan fingerprint density at radius 2 is 2.05 bits per heavy atom. The molecular weight excluding hydrogens is 238 g/mol. The first-order valence-corrected chi connectivity index (χ1v) is 7.45. The van der Waals surface area contributed by atoms with Gasteiger partial charge in [0, 0.05) is 30.3 Å². The third kappa shape index (κ3) is 3.90. The van der Waals surface area contributed by atoms with E-state index in [1.54, 1.807) is 0 Å². The summed E-state index contributed by atoms with van der Waals surface area (Å²) >= 11 is 0. The molecule has 4 nitrogen and oxygen atoms in total. The summed E-state index contributed by atoms with van der Waals surface area (Å²) < 4.78 is 0. The second-order valence-corrected chi connectivity index (χ2v) is 5.48. The van der Waals surface area contributed by atoms with Crippen LogP contribution in [0.1, 0.15) is 50.5 Å². The smallest absolute Gasteiger partial charge is 0.130 e. The molecule has 1 aliphatic rings. The highest BCUT2D eigenvalue weighted by atomic mass is 16.3. The van der Waals surface area contributed by atoms with Gasteiger partial charge in [0.15, 0.2) is 0 Å². The third-order valence-corrected chi connectivity index (χ3v) is 3.98. The molecule has 1 aromatic rings. The highest BCUT2D eigenvalue weighted by Crippen LogP contribution is 2.25. The quantitative estimate of drug-likeness (QED) is 0.820. The first-order chi connectivity index (χ1) is 9.22. The summed E-state index contributed by atoms with van der Waals surface area (Å²) in [7, 11) is 0. The lowest BCUT2D eigenvalue weighted by Gasteiger charge is -2.25. The van der Waals surface area contributed by atoms with E-state index < -0.39 is 0 Å². The molecule has 0 bridgehead atoms. The lowest BCUT2D eigenvalue weighted by molar-refractivity contribution is 0.203. The number of rotatable bonds is 4. The number of nitrogens with one attached hydrogen (secondary N) is 1. The molecule has 1 saturated carbocycles. The number of anilines is 1. The number of nitrogens with zero attached hydrogens (tertiary/aromatic N) is 2. The van der Waals surface area contributed by atoms with E-state index in [0.29, 0.717) is 12.0 Å². The van der Waals surface area contributed by atoms with Crippen molar-refractivity contribution < 1.29 is 5.11 Å². The molecule has 0 spiro atoms. The number of aliphatic hydroxyl groups excluding tert-OH is 1. The van der Waals surface area contributed by atoms with Crippen molar-refractivity contribution in [2.24, 2.45) is 5.92 Å². The molecule has 19 heavy (non-hydrogen) atoms. The SMILES string of the molecule is CCc1cc(NC2CCCCCC2CO)nc(C)n1. The van der Waals surface area contributed by atoms with Gasteiger partial charge in [-0.3, -0.25) is 0 Å². The Bertz CT molecular complexity index is 408. The lowest BCUT2D eigenvalue weighted by atomic mass is 9.95. The van der Waals surface area contributed by atoms with Crippen LogP contribution in [-0.4, -0.2) is 27.7 Å². The molecule has 1 heterocycles. The van der Waals surface area contributed by atoms with Crippen LogP contribution < -0.4 is 5.32 Å². The van der Waals surface area contributed by atoms with Gasteiger partial charge < -0.3 is 10.4 Å². The standard InChI is InChI=1S/C15H25N3O/c1-3-13-9-15(17-11(2)16-13)18-14-8-6-4-5-7-12(14)10-19/h9,12,14,19H,3-8,10H2,1-2H3,(H,16,17,18). The van der Waals surface area contributed by atoms with Crippen molar-refractivity contribution in [3.05, 3.63) is 17.6 Å². The van der Waals surface area contributed by atoms with E-state index in [0.717, 1.165) is 36.6 Å².